The summed E-state index contributed by atoms with van der Waals surface area (Å²) >= 11 is 3.41. The summed E-state index contributed by atoms with van der Waals surface area (Å²) in [5.74, 6) is 0.475. The molecule has 1 N–H and O–H groups in total. The number of amides is 1. The van der Waals surface area contributed by atoms with Crippen LogP contribution in [0.4, 0.5) is 5.69 Å². The maximum Gasteiger partial charge on any atom is 0.255 e. The van der Waals surface area contributed by atoms with Gasteiger partial charge in [-0.15, -0.1) is 0 Å². The molecular formula is C17H15BrN2O2. The van der Waals surface area contributed by atoms with Crippen molar-refractivity contribution in [3.05, 3.63) is 58.1 Å². The molecule has 5 heteroatoms. The van der Waals surface area contributed by atoms with Gasteiger partial charge in [0, 0.05) is 11.3 Å². The summed E-state index contributed by atoms with van der Waals surface area (Å²) < 4.78 is 6.29. The minimum absolute atomic E-state index is 0.238. The van der Waals surface area contributed by atoms with Crippen LogP contribution >= 0.6 is 15.9 Å². The van der Waals surface area contributed by atoms with Crippen molar-refractivity contribution in [3.8, 4) is 11.8 Å². The minimum atomic E-state index is -0.238. The van der Waals surface area contributed by atoms with Crippen LogP contribution in [-0.4, -0.2) is 12.5 Å². The highest BCUT2D eigenvalue weighted by molar-refractivity contribution is 9.10. The fourth-order valence-electron chi connectivity index (χ4n) is 1.84. The predicted molar refractivity (Wildman–Crippen MR) is 89.0 cm³/mol. The number of carbonyl (C=O) groups excluding carboxylic acids is 1. The summed E-state index contributed by atoms with van der Waals surface area (Å²) in [6, 6.07) is 14.0. The van der Waals surface area contributed by atoms with Crippen molar-refractivity contribution in [1.29, 1.82) is 5.26 Å². The molecule has 0 heterocycles. The summed E-state index contributed by atoms with van der Waals surface area (Å²) in [5.41, 5.74) is 1.60. The number of nitrogens with one attached hydrogen (secondary N) is 1. The summed E-state index contributed by atoms with van der Waals surface area (Å²) in [6.07, 6.45) is 0.921. The van der Waals surface area contributed by atoms with E-state index in [2.05, 4.69) is 21.2 Å². The summed E-state index contributed by atoms with van der Waals surface area (Å²) in [5, 5.41) is 11.6. The number of hydrogen-bond donors (Lipinski definition) is 1. The molecule has 0 saturated heterocycles. The molecule has 0 atom stereocenters. The van der Waals surface area contributed by atoms with Crippen LogP contribution in [0.25, 0.3) is 0 Å². The fourth-order valence-corrected chi connectivity index (χ4v) is 2.33. The maximum atomic E-state index is 12.2. The number of hydrogen-bond acceptors (Lipinski definition) is 3. The highest BCUT2D eigenvalue weighted by Gasteiger charge is 2.10. The lowest BCUT2D eigenvalue weighted by molar-refractivity contribution is 0.102. The molecule has 0 aliphatic rings. The minimum Gasteiger partial charge on any atom is -0.492 e. The average Bonchev–Trinajstić information content (AvgIpc) is 2.53. The van der Waals surface area contributed by atoms with Crippen LogP contribution in [0.2, 0.25) is 0 Å². The van der Waals surface area contributed by atoms with Gasteiger partial charge >= 0.3 is 0 Å². The number of carbonyl (C=O) groups is 1. The first-order valence-electron chi connectivity index (χ1n) is 6.88. The topological polar surface area (TPSA) is 62.1 Å². The van der Waals surface area contributed by atoms with Crippen molar-refractivity contribution in [2.45, 2.75) is 13.3 Å². The van der Waals surface area contributed by atoms with Crippen LogP contribution in [0, 0.1) is 11.3 Å². The van der Waals surface area contributed by atoms with E-state index in [4.69, 9.17) is 10.00 Å². The van der Waals surface area contributed by atoms with Gasteiger partial charge in [0.15, 0.2) is 0 Å². The predicted octanol–water partition coefficient (Wildman–Crippen LogP) is 4.36. The van der Waals surface area contributed by atoms with Gasteiger partial charge in [-0.2, -0.15) is 5.26 Å². The molecule has 0 radical (unpaired) electrons. The Morgan fingerprint density at radius 2 is 2.14 bits per heavy atom. The van der Waals surface area contributed by atoms with Crippen LogP contribution in [0.3, 0.4) is 0 Å². The molecule has 2 rings (SSSR count). The number of rotatable bonds is 5. The van der Waals surface area contributed by atoms with Crippen molar-refractivity contribution in [2.24, 2.45) is 0 Å². The maximum absolute atomic E-state index is 12.2. The second kappa shape index (κ2) is 7.62. The zero-order valence-electron chi connectivity index (χ0n) is 12.1. The Kier molecular flexibility index (Phi) is 5.56. The third-order valence-electron chi connectivity index (χ3n) is 2.91. The average molecular weight is 359 g/mol. The lowest BCUT2D eigenvalue weighted by Gasteiger charge is -2.09. The smallest absolute Gasteiger partial charge is 0.255 e. The second-order valence-electron chi connectivity index (χ2n) is 4.64. The first kappa shape index (κ1) is 16.1. The number of benzene rings is 2. The van der Waals surface area contributed by atoms with Crippen LogP contribution in [0.5, 0.6) is 5.75 Å². The van der Waals surface area contributed by atoms with Gasteiger partial charge in [0.25, 0.3) is 5.91 Å². The zero-order chi connectivity index (χ0) is 15.9. The number of anilines is 1. The van der Waals surface area contributed by atoms with Crippen molar-refractivity contribution in [1.82, 2.24) is 0 Å². The summed E-state index contributed by atoms with van der Waals surface area (Å²) in [6.45, 7) is 2.66. The molecule has 0 fully saturated rings. The van der Waals surface area contributed by atoms with E-state index in [1.165, 1.54) is 0 Å². The zero-order valence-corrected chi connectivity index (χ0v) is 13.7. The molecule has 0 aliphatic carbocycles. The number of nitrogens with zero attached hydrogens (tertiary/aromatic N) is 1. The molecule has 112 valence electrons. The van der Waals surface area contributed by atoms with Crippen molar-refractivity contribution >= 4 is 27.5 Å². The van der Waals surface area contributed by atoms with E-state index in [1.807, 2.05) is 13.0 Å². The molecule has 0 saturated carbocycles. The van der Waals surface area contributed by atoms with Crippen LogP contribution in [0.15, 0.2) is 46.9 Å². The third kappa shape index (κ3) is 4.09. The normalized spacial score (nSPS) is 9.86. The molecule has 0 spiro atoms. The Bertz CT molecular complexity index is 723. The molecule has 0 unspecified atom stereocenters. The molecule has 4 nitrogen and oxygen atoms in total. The summed E-state index contributed by atoms with van der Waals surface area (Å²) in [4.78, 5) is 12.2. The quantitative estimate of drug-likeness (QED) is 0.863. The van der Waals surface area contributed by atoms with Crippen LogP contribution < -0.4 is 10.1 Å². The molecular weight excluding hydrogens is 344 g/mol. The van der Waals surface area contributed by atoms with Crippen molar-refractivity contribution in [3.63, 3.8) is 0 Å². The van der Waals surface area contributed by atoms with Gasteiger partial charge in [-0.05, 0) is 58.7 Å². The van der Waals surface area contributed by atoms with Gasteiger partial charge in [-0.3, -0.25) is 4.79 Å². The highest BCUT2D eigenvalue weighted by atomic mass is 79.9. The first-order valence-corrected chi connectivity index (χ1v) is 7.67. The Labute approximate surface area is 137 Å². The largest absolute Gasteiger partial charge is 0.492 e. The molecule has 0 aliphatic heterocycles. The molecule has 1 amide bonds. The lowest BCUT2D eigenvalue weighted by atomic mass is 10.2. The third-order valence-corrected chi connectivity index (χ3v) is 3.53. The van der Waals surface area contributed by atoms with Gasteiger partial charge in [-0.25, -0.2) is 0 Å². The molecule has 22 heavy (non-hydrogen) atoms. The van der Waals surface area contributed by atoms with Crippen LogP contribution in [-0.2, 0) is 0 Å². The van der Waals surface area contributed by atoms with Gasteiger partial charge in [0.05, 0.1) is 22.7 Å². The SMILES string of the molecule is CCCOc1ccc(C(=O)Nc2cccc(C#N)c2)cc1Br. The molecule has 2 aromatic carbocycles. The second-order valence-corrected chi connectivity index (χ2v) is 5.49. The van der Waals surface area contributed by atoms with E-state index in [-0.39, 0.29) is 5.91 Å². The molecule has 0 bridgehead atoms. The van der Waals surface area contributed by atoms with Crippen molar-refractivity contribution < 1.29 is 9.53 Å². The van der Waals surface area contributed by atoms with E-state index in [9.17, 15) is 4.79 Å². The van der Waals surface area contributed by atoms with E-state index in [1.54, 1.807) is 42.5 Å². The first-order chi connectivity index (χ1) is 10.6. The van der Waals surface area contributed by atoms with Crippen LogP contribution in [0.1, 0.15) is 29.3 Å². The Hall–Kier alpha value is -2.32. The number of ether oxygens (including phenoxy) is 1. The van der Waals surface area contributed by atoms with Gasteiger partial charge < -0.3 is 10.1 Å². The van der Waals surface area contributed by atoms with E-state index < -0.39 is 0 Å². The highest BCUT2D eigenvalue weighted by Crippen LogP contribution is 2.26. The molecule has 2 aromatic rings. The fraction of sp³-hybridized carbons (Fsp3) is 0.176. The number of halogens is 1. The van der Waals surface area contributed by atoms with Crippen molar-refractivity contribution in [2.75, 3.05) is 11.9 Å². The van der Waals surface area contributed by atoms with Gasteiger partial charge in [0.2, 0.25) is 0 Å². The summed E-state index contributed by atoms with van der Waals surface area (Å²) in [7, 11) is 0. The Morgan fingerprint density at radius 3 is 2.82 bits per heavy atom. The monoisotopic (exact) mass is 358 g/mol. The Morgan fingerprint density at radius 1 is 1.32 bits per heavy atom. The van der Waals surface area contributed by atoms with Gasteiger partial charge in [-0.1, -0.05) is 13.0 Å². The lowest BCUT2D eigenvalue weighted by Crippen LogP contribution is -2.12. The molecule has 0 aromatic heterocycles. The Balaban J connectivity index is 2.12. The standard InChI is InChI=1S/C17H15BrN2O2/c1-2-8-22-16-7-6-13(10-15(16)18)17(21)20-14-5-3-4-12(9-14)11-19/h3-7,9-10H,2,8H2,1H3,(H,20,21). The van der Waals surface area contributed by atoms with E-state index in [0.29, 0.717) is 29.2 Å². The number of nitriles is 1. The van der Waals surface area contributed by atoms with E-state index in [0.717, 1.165) is 10.9 Å². The van der Waals surface area contributed by atoms with E-state index >= 15 is 0 Å². The van der Waals surface area contributed by atoms with Gasteiger partial charge in [0.1, 0.15) is 5.75 Å².